The summed E-state index contributed by atoms with van der Waals surface area (Å²) >= 11 is 0. The van der Waals surface area contributed by atoms with Gasteiger partial charge in [0.25, 0.3) is 5.91 Å². The maximum Gasteiger partial charge on any atom is 0.513 e. The molecule has 2 saturated heterocycles. The predicted octanol–water partition coefficient (Wildman–Crippen LogP) is 4.05. The molecule has 22 heteroatoms. The number of ether oxygens (including phenoxy) is 7. The van der Waals surface area contributed by atoms with Crippen molar-refractivity contribution in [2.75, 3.05) is 76.8 Å². The lowest BCUT2D eigenvalue weighted by Crippen LogP contribution is -2.56. The van der Waals surface area contributed by atoms with Crippen LogP contribution in [-0.2, 0) is 47.0 Å². The smallest absolute Gasteiger partial charge is 0.449 e. The summed E-state index contributed by atoms with van der Waals surface area (Å²) in [7, 11) is -3.49. The van der Waals surface area contributed by atoms with Crippen LogP contribution in [0.15, 0.2) is 36.4 Å². The number of benzene rings is 1. The zero-order chi connectivity index (χ0) is 43.2. The van der Waals surface area contributed by atoms with Crippen LogP contribution in [0.3, 0.4) is 0 Å². The number of piperidine rings is 1. The van der Waals surface area contributed by atoms with Gasteiger partial charge in [-0.05, 0) is 27.2 Å². The molecule has 1 aromatic carbocycles. The van der Waals surface area contributed by atoms with Gasteiger partial charge >= 0.3 is 31.0 Å². The van der Waals surface area contributed by atoms with Crippen LogP contribution in [0.5, 0.6) is 0 Å². The Morgan fingerprint density at radius 1 is 0.800 bits per heavy atom. The van der Waals surface area contributed by atoms with Crippen molar-refractivity contribution < 1.29 is 71.0 Å². The van der Waals surface area contributed by atoms with Gasteiger partial charge in [-0.1, -0.05) is 43.7 Å². The number of hydrogen-bond acceptors (Lipinski definition) is 18. The second-order valence-corrected chi connectivity index (χ2v) is 15.1. The van der Waals surface area contributed by atoms with Gasteiger partial charge in [0.15, 0.2) is 5.82 Å². The lowest BCUT2D eigenvalue weighted by atomic mass is 10.2. The molecule has 1 saturated carbocycles. The van der Waals surface area contributed by atoms with E-state index in [1.54, 1.807) is 31.2 Å². The molecule has 0 spiro atoms. The second-order valence-electron chi connectivity index (χ2n) is 13.7. The third kappa shape index (κ3) is 12.7. The topological polar surface area (TPSA) is 241 Å². The highest BCUT2D eigenvalue weighted by atomic mass is 31.1. The maximum absolute atomic E-state index is 14.2. The van der Waals surface area contributed by atoms with Crippen molar-refractivity contribution in [1.82, 2.24) is 25.1 Å². The number of carbonyl (C=O) groups excluding carboxylic acids is 6. The number of nitrogens with one attached hydrogen (secondary N) is 1. The van der Waals surface area contributed by atoms with Crippen molar-refractivity contribution in [3.05, 3.63) is 42.1 Å². The molecule has 2 aliphatic heterocycles. The molecule has 5 atom stereocenters. The van der Waals surface area contributed by atoms with Gasteiger partial charge in [-0.3, -0.25) is 18.7 Å². The van der Waals surface area contributed by atoms with Crippen LogP contribution < -0.4 is 10.2 Å². The fourth-order valence-corrected chi connectivity index (χ4v) is 7.56. The molecule has 1 unspecified atom stereocenters. The fourth-order valence-electron chi connectivity index (χ4n) is 6.54. The number of carbonyl (C=O) groups is 6. The Kier molecular flexibility index (Phi) is 16.7. The third-order valence-electron chi connectivity index (χ3n) is 9.60. The third-order valence-corrected chi connectivity index (χ3v) is 10.8. The zero-order valence-electron chi connectivity index (χ0n) is 33.9. The number of rotatable bonds is 18. The van der Waals surface area contributed by atoms with Crippen LogP contribution in [0.25, 0.3) is 11.4 Å². The number of nitrogens with zero attached hydrogens (tertiary/aromatic N) is 5. The zero-order valence-corrected chi connectivity index (χ0v) is 34.9. The summed E-state index contributed by atoms with van der Waals surface area (Å²) in [6.45, 7) is 6.04. The number of piperazine rings is 1. The molecule has 3 aliphatic rings. The average molecular weight is 863 g/mol. The molecule has 3 fully saturated rings. The molecule has 60 heavy (non-hydrogen) atoms. The number of amides is 3. The van der Waals surface area contributed by atoms with Crippen LogP contribution in [0.4, 0.5) is 25.0 Å². The molecule has 21 nitrogen and oxygen atoms in total. The Balaban J connectivity index is 1.36. The summed E-state index contributed by atoms with van der Waals surface area (Å²) in [6, 6.07) is 8.88. The minimum absolute atomic E-state index is 0.0320. The van der Waals surface area contributed by atoms with E-state index < -0.39 is 63.1 Å². The Hall–Kier alpha value is -5.69. The first kappa shape index (κ1) is 45.4. The normalized spacial score (nSPS) is 19.0. The lowest BCUT2D eigenvalue weighted by Gasteiger charge is -2.36. The van der Waals surface area contributed by atoms with E-state index in [0.29, 0.717) is 30.9 Å². The monoisotopic (exact) mass is 862 g/mol. The van der Waals surface area contributed by atoms with Gasteiger partial charge in [-0.15, -0.1) is 0 Å². The highest BCUT2D eigenvalue weighted by Gasteiger charge is 2.59. The first-order valence-corrected chi connectivity index (χ1v) is 21.4. The molecule has 0 radical (unpaired) electrons. The van der Waals surface area contributed by atoms with Gasteiger partial charge in [-0.2, -0.15) is 0 Å². The molecule has 1 aromatic heterocycles. The van der Waals surface area contributed by atoms with E-state index in [9.17, 15) is 33.3 Å². The molecule has 328 valence electrons. The second kappa shape index (κ2) is 22.1. The first-order chi connectivity index (χ1) is 28.9. The van der Waals surface area contributed by atoms with Gasteiger partial charge < -0.3 is 53.2 Å². The largest absolute Gasteiger partial charge is 0.513 e. The maximum atomic E-state index is 14.2. The van der Waals surface area contributed by atoms with Crippen LogP contribution in [-0.4, -0.2) is 147 Å². The highest BCUT2D eigenvalue weighted by molar-refractivity contribution is 7.39. The van der Waals surface area contributed by atoms with E-state index in [-0.39, 0.29) is 82.1 Å². The Labute approximate surface area is 347 Å². The molecule has 3 amide bonds. The minimum Gasteiger partial charge on any atom is -0.449 e. The predicted molar refractivity (Wildman–Crippen MR) is 209 cm³/mol. The van der Waals surface area contributed by atoms with Crippen molar-refractivity contribution in [2.24, 2.45) is 11.8 Å². The van der Waals surface area contributed by atoms with Crippen LogP contribution in [0, 0.1) is 11.8 Å². The van der Waals surface area contributed by atoms with Crippen molar-refractivity contribution >= 4 is 50.2 Å². The quantitative estimate of drug-likeness (QED) is 0.0731. The molecule has 1 aliphatic carbocycles. The number of hydrogen-bond donors (Lipinski definition) is 1. The van der Waals surface area contributed by atoms with Gasteiger partial charge in [0, 0.05) is 62.7 Å². The number of anilines is 1. The Bertz CT molecular complexity index is 1820. The molecule has 2 aromatic rings. The molecule has 1 N–H and O–H groups in total. The van der Waals surface area contributed by atoms with Crippen molar-refractivity contribution in [3.8, 4) is 11.4 Å². The highest BCUT2D eigenvalue weighted by Crippen LogP contribution is 2.49. The van der Waals surface area contributed by atoms with E-state index in [4.69, 9.17) is 42.7 Å². The summed E-state index contributed by atoms with van der Waals surface area (Å²) in [4.78, 5) is 91.1. The van der Waals surface area contributed by atoms with Crippen molar-refractivity contribution in [3.63, 3.8) is 0 Å². The van der Waals surface area contributed by atoms with Gasteiger partial charge in [-0.25, -0.2) is 29.1 Å². The number of fused-ring (bicyclic) bond motifs is 1. The summed E-state index contributed by atoms with van der Waals surface area (Å²) in [5.74, 6) is -0.794. The van der Waals surface area contributed by atoms with Crippen molar-refractivity contribution in [2.45, 2.75) is 59.2 Å². The molecule has 3 heterocycles. The summed E-state index contributed by atoms with van der Waals surface area (Å²) in [5, 5.41) is 2.64. The SMILES string of the molecule is CCCCOC(=O)N1CCN(C(=O)[C@H](C[PH](=O)OC(OC(=O)OCC)OC(=O)OCC)NC(=O)c2cc(N3C[C@@H]4[C@H](C3)[C@H]4OC(=O)OCC)nc(-c3ccccc3)n2)CC1. The minimum atomic E-state index is -3.49. The fraction of sp³-hybridized carbons (Fsp3) is 0.579. The van der Waals surface area contributed by atoms with E-state index in [1.165, 1.54) is 29.7 Å². The molecule has 5 rings (SSSR count). The van der Waals surface area contributed by atoms with Crippen LogP contribution in [0.1, 0.15) is 51.0 Å². The molecular formula is C38H51N6O15P. The van der Waals surface area contributed by atoms with E-state index in [0.717, 1.165) is 6.42 Å². The molecular weight excluding hydrogens is 811 g/mol. The summed E-state index contributed by atoms with van der Waals surface area (Å²) < 4.78 is 53.7. The average Bonchev–Trinajstić information content (AvgIpc) is 3.64. The van der Waals surface area contributed by atoms with E-state index in [2.05, 4.69) is 10.3 Å². The Morgan fingerprint density at radius 2 is 1.40 bits per heavy atom. The molecule has 0 bridgehead atoms. The summed E-state index contributed by atoms with van der Waals surface area (Å²) in [6.07, 6.45) is -3.25. The van der Waals surface area contributed by atoms with Crippen LogP contribution >= 0.6 is 8.03 Å². The number of unbranched alkanes of at least 4 members (excludes halogenated alkanes) is 1. The van der Waals surface area contributed by atoms with Crippen molar-refractivity contribution in [1.29, 1.82) is 0 Å². The van der Waals surface area contributed by atoms with E-state index in [1.807, 2.05) is 17.9 Å². The first-order valence-electron chi connectivity index (χ1n) is 19.8. The van der Waals surface area contributed by atoms with Gasteiger partial charge in [0.2, 0.25) is 13.9 Å². The van der Waals surface area contributed by atoms with Gasteiger partial charge in [0.05, 0.1) is 32.6 Å². The van der Waals surface area contributed by atoms with Gasteiger partial charge in [0.1, 0.15) is 23.7 Å². The summed E-state index contributed by atoms with van der Waals surface area (Å²) in [5.41, 5.74) is 0.485. The Morgan fingerprint density at radius 3 is 2.00 bits per heavy atom. The van der Waals surface area contributed by atoms with Crippen LogP contribution in [0.2, 0.25) is 0 Å². The van der Waals surface area contributed by atoms with E-state index >= 15 is 0 Å². The standard InChI is InChI=1S/C38H51N6O15P/c1-5-9-19-55-34(47)43-17-15-42(16-18-43)33(46)28(23-60(51)59-38(57-36(49)53-7-3)58-37(50)54-8-4)40-32(45)27-20-29(41-31(39-27)24-13-11-10-12-14-24)44-21-25-26(22-44)30(25)56-35(48)52-6-2/h10-14,20,25-26,28,30,38,60H,5-9,15-19,21-23H2,1-4H3,(H,40,45)/t25-,26+,28-,30+/m0/s1. The lowest BCUT2D eigenvalue weighted by molar-refractivity contribution is -0.199. The number of aromatic nitrogens is 2.